The Balaban J connectivity index is 2.35. The van der Waals surface area contributed by atoms with Crippen molar-refractivity contribution < 1.29 is 9.84 Å². The Kier molecular flexibility index (Phi) is 7.64. The van der Waals surface area contributed by atoms with Gasteiger partial charge in [0.1, 0.15) is 23.4 Å². The van der Waals surface area contributed by atoms with Gasteiger partial charge in [-0.2, -0.15) is 0 Å². The minimum absolute atomic E-state index is 0.275. The van der Waals surface area contributed by atoms with Gasteiger partial charge in [-0.05, 0) is 37.2 Å². The summed E-state index contributed by atoms with van der Waals surface area (Å²) < 4.78 is 5.57. The molecule has 0 bridgehead atoms. The SMILES string of the molecule is CCC(C)CN(C)CC(O)COc1ccc(C(N)=S)cc1. The molecule has 3 N–H and O–H groups in total. The lowest BCUT2D eigenvalue weighted by Gasteiger charge is -2.23. The molecule has 0 saturated heterocycles. The highest BCUT2D eigenvalue weighted by Crippen LogP contribution is 2.12. The molecule has 0 amide bonds. The van der Waals surface area contributed by atoms with Crippen LogP contribution >= 0.6 is 12.2 Å². The maximum Gasteiger partial charge on any atom is 0.119 e. The van der Waals surface area contributed by atoms with E-state index in [0.717, 1.165) is 18.5 Å². The van der Waals surface area contributed by atoms with E-state index in [-0.39, 0.29) is 6.61 Å². The molecule has 21 heavy (non-hydrogen) atoms. The lowest BCUT2D eigenvalue weighted by atomic mass is 10.1. The molecule has 2 atom stereocenters. The van der Waals surface area contributed by atoms with Crippen LogP contribution in [0.4, 0.5) is 0 Å². The minimum Gasteiger partial charge on any atom is -0.491 e. The first-order valence-corrected chi connectivity index (χ1v) is 7.72. The third-order valence-corrected chi connectivity index (χ3v) is 3.66. The van der Waals surface area contributed by atoms with E-state index in [1.165, 1.54) is 0 Å². The summed E-state index contributed by atoms with van der Waals surface area (Å²) in [6.07, 6.45) is 0.640. The van der Waals surface area contributed by atoms with Crippen molar-refractivity contribution in [3.8, 4) is 5.75 Å². The number of ether oxygens (including phenoxy) is 1. The van der Waals surface area contributed by atoms with Crippen LogP contribution in [-0.2, 0) is 0 Å². The maximum absolute atomic E-state index is 10.0. The van der Waals surface area contributed by atoms with Crippen LogP contribution in [0.3, 0.4) is 0 Å². The van der Waals surface area contributed by atoms with Gasteiger partial charge in [-0.3, -0.25) is 0 Å². The number of benzene rings is 1. The van der Waals surface area contributed by atoms with E-state index in [9.17, 15) is 5.11 Å². The van der Waals surface area contributed by atoms with Crippen molar-refractivity contribution in [3.05, 3.63) is 29.8 Å². The van der Waals surface area contributed by atoms with Crippen LogP contribution in [0.15, 0.2) is 24.3 Å². The molecular weight excluding hydrogens is 284 g/mol. The van der Waals surface area contributed by atoms with E-state index >= 15 is 0 Å². The van der Waals surface area contributed by atoms with Crippen LogP contribution < -0.4 is 10.5 Å². The van der Waals surface area contributed by atoms with Crippen molar-refractivity contribution in [1.82, 2.24) is 4.90 Å². The lowest BCUT2D eigenvalue weighted by Crippen LogP contribution is -2.35. The molecular formula is C16H26N2O2S. The van der Waals surface area contributed by atoms with Gasteiger partial charge in [-0.1, -0.05) is 32.5 Å². The summed E-state index contributed by atoms with van der Waals surface area (Å²) in [6.45, 7) is 6.25. The summed E-state index contributed by atoms with van der Waals surface area (Å²) in [4.78, 5) is 2.51. The zero-order valence-corrected chi connectivity index (χ0v) is 13.9. The Labute approximate surface area is 132 Å². The van der Waals surface area contributed by atoms with E-state index < -0.39 is 6.10 Å². The van der Waals surface area contributed by atoms with Gasteiger partial charge in [-0.25, -0.2) is 0 Å². The highest BCUT2D eigenvalue weighted by atomic mass is 32.1. The first-order chi connectivity index (χ1) is 9.92. The van der Waals surface area contributed by atoms with E-state index in [4.69, 9.17) is 22.7 Å². The van der Waals surface area contributed by atoms with Crippen LogP contribution in [0.1, 0.15) is 25.8 Å². The van der Waals surface area contributed by atoms with Crippen LogP contribution in [0.5, 0.6) is 5.75 Å². The van der Waals surface area contributed by atoms with Crippen LogP contribution in [0.2, 0.25) is 0 Å². The van der Waals surface area contributed by atoms with E-state index in [1.54, 1.807) is 0 Å². The fraction of sp³-hybridized carbons (Fsp3) is 0.562. The molecule has 118 valence electrons. The monoisotopic (exact) mass is 310 g/mol. The first kappa shape index (κ1) is 17.9. The molecule has 5 heteroatoms. The highest BCUT2D eigenvalue weighted by molar-refractivity contribution is 7.80. The van der Waals surface area contributed by atoms with Crippen LogP contribution in [0, 0.1) is 5.92 Å². The molecule has 0 aliphatic heterocycles. The van der Waals surface area contributed by atoms with Gasteiger partial charge in [0.05, 0.1) is 0 Å². The Bertz CT molecular complexity index is 436. The fourth-order valence-corrected chi connectivity index (χ4v) is 2.19. The van der Waals surface area contributed by atoms with Crippen molar-refractivity contribution in [1.29, 1.82) is 0 Å². The number of nitrogens with zero attached hydrogens (tertiary/aromatic N) is 1. The normalized spacial score (nSPS) is 14.0. The van der Waals surface area contributed by atoms with Crippen molar-refractivity contribution in [3.63, 3.8) is 0 Å². The number of likely N-dealkylation sites (N-methyl/N-ethyl adjacent to an activating group) is 1. The fourth-order valence-electron chi connectivity index (χ4n) is 2.06. The van der Waals surface area contributed by atoms with Crippen molar-refractivity contribution in [2.45, 2.75) is 26.4 Å². The van der Waals surface area contributed by atoms with Gasteiger partial charge >= 0.3 is 0 Å². The summed E-state index contributed by atoms with van der Waals surface area (Å²) >= 11 is 4.89. The zero-order valence-electron chi connectivity index (χ0n) is 13.1. The molecule has 0 fully saturated rings. The van der Waals surface area contributed by atoms with Crippen molar-refractivity contribution in [2.24, 2.45) is 11.7 Å². The van der Waals surface area contributed by atoms with Gasteiger partial charge in [0.15, 0.2) is 0 Å². The molecule has 0 spiro atoms. The van der Waals surface area contributed by atoms with E-state index in [0.29, 0.717) is 23.2 Å². The number of nitrogens with two attached hydrogens (primary N) is 1. The Hall–Kier alpha value is -1.17. The number of rotatable bonds is 9. The number of hydrogen-bond donors (Lipinski definition) is 2. The number of aliphatic hydroxyl groups excluding tert-OH is 1. The number of aliphatic hydroxyl groups is 1. The molecule has 0 aliphatic rings. The molecule has 1 aromatic rings. The summed E-state index contributed by atoms with van der Waals surface area (Å²) in [5.74, 6) is 1.34. The van der Waals surface area contributed by atoms with Gasteiger partial charge in [0, 0.05) is 18.7 Å². The third kappa shape index (κ3) is 6.89. The largest absolute Gasteiger partial charge is 0.491 e. The van der Waals surface area contributed by atoms with Gasteiger partial charge in [0.2, 0.25) is 0 Å². The zero-order chi connectivity index (χ0) is 15.8. The molecule has 1 rings (SSSR count). The van der Waals surface area contributed by atoms with Gasteiger partial charge in [-0.15, -0.1) is 0 Å². The van der Waals surface area contributed by atoms with Crippen molar-refractivity contribution in [2.75, 3.05) is 26.7 Å². The molecule has 4 nitrogen and oxygen atoms in total. The topological polar surface area (TPSA) is 58.7 Å². The lowest BCUT2D eigenvalue weighted by molar-refractivity contribution is 0.0723. The second-order valence-electron chi connectivity index (χ2n) is 5.59. The molecule has 0 aromatic heterocycles. The van der Waals surface area contributed by atoms with E-state index in [2.05, 4.69) is 18.7 Å². The van der Waals surface area contributed by atoms with Crippen LogP contribution in [0.25, 0.3) is 0 Å². The standard InChI is InChI=1S/C16H26N2O2S/c1-4-12(2)9-18(3)10-14(19)11-20-15-7-5-13(6-8-15)16(17)21/h5-8,12,14,19H,4,9-11H2,1-3H3,(H2,17,21). The Morgan fingerprint density at radius 1 is 1.33 bits per heavy atom. The molecule has 0 radical (unpaired) electrons. The summed E-state index contributed by atoms with van der Waals surface area (Å²) in [5, 5.41) is 10.0. The van der Waals surface area contributed by atoms with Crippen LogP contribution in [-0.4, -0.2) is 47.8 Å². The van der Waals surface area contributed by atoms with Gasteiger partial charge < -0.3 is 20.5 Å². The number of thiocarbonyl (C=S) groups is 1. The second kappa shape index (κ2) is 8.97. The summed E-state index contributed by atoms with van der Waals surface area (Å²) in [6, 6.07) is 7.26. The molecule has 1 aromatic carbocycles. The predicted octanol–water partition coefficient (Wildman–Crippen LogP) is 2.04. The number of hydrogen-bond acceptors (Lipinski definition) is 4. The molecule has 0 aliphatic carbocycles. The molecule has 0 heterocycles. The Morgan fingerprint density at radius 2 is 1.95 bits per heavy atom. The summed E-state index contributed by atoms with van der Waals surface area (Å²) in [7, 11) is 2.02. The van der Waals surface area contributed by atoms with Gasteiger partial charge in [0.25, 0.3) is 0 Å². The average molecular weight is 310 g/mol. The Morgan fingerprint density at radius 3 is 2.48 bits per heavy atom. The summed E-state index contributed by atoms with van der Waals surface area (Å²) in [5.41, 5.74) is 6.35. The predicted molar refractivity (Wildman–Crippen MR) is 90.8 cm³/mol. The molecule has 0 saturated carbocycles. The van der Waals surface area contributed by atoms with E-state index in [1.807, 2.05) is 31.3 Å². The smallest absolute Gasteiger partial charge is 0.119 e. The maximum atomic E-state index is 10.0. The quantitative estimate of drug-likeness (QED) is 0.684. The first-order valence-electron chi connectivity index (χ1n) is 7.31. The second-order valence-corrected chi connectivity index (χ2v) is 6.03. The minimum atomic E-state index is -0.505. The average Bonchev–Trinajstić information content (AvgIpc) is 2.45. The molecule has 2 unspecified atom stereocenters. The highest BCUT2D eigenvalue weighted by Gasteiger charge is 2.11. The third-order valence-electron chi connectivity index (χ3n) is 3.42. The van der Waals surface area contributed by atoms with Crippen molar-refractivity contribution >= 4 is 17.2 Å².